The topological polar surface area (TPSA) is 80.3 Å². The van der Waals surface area contributed by atoms with E-state index in [0.717, 1.165) is 84.1 Å². The average molecular weight is 534 g/mol. The minimum Gasteiger partial charge on any atom is -0.357 e. The van der Waals surface area contributed by atoms with E-state index in [4.69, 9.17) is 4.99 Å². The summed E-state index contributed by atoms with van der Waals surface area (Å²) in [5, 5.41) is 6.86. The zero-order chi connectivity index (χ0) is 20.6. The van der Waals surface area contributed by atoms with Crippen LogP contribution in [-0.2, 0) is 9.59 Å². The van der Waals surface area contributed by atoms with Crippen LogP contribution in [-0.4, -0.2) is 97.4 Å². The molecule has 0 aromatic heterocycles. The second-order valence-electron chi connectivity index (χ2n) is 8.50. The Morgan fingerprint density at radius 1 is 1.00 bits per heavy atom. The molecule has 30 heavy (non-hydrogen) atoms. The zero-order valence-corrected chi connectivity index (χ0v) is 20.9. The average Bonchev–Trinajstić information content (AvgIpc) is 3.40. The molecule has 1 atom stereocenters. The maximum Gasteiger partial charge on any atom is 0.225 e. The van der Waals surface area contributed by atoms with E-state index >= 15 is 0 Å². The quantitative estimate of drug-likeness (QED) is 0.304. The van der Waals surface area contributed by atoms with Gasteiger partial charge in [0.25, 0.3) is 0 Å². The highest BCUT2D eigenvalue weighted by Crippen LogP contribution is 2.27. The fraction of sp³-hybridized carbons (Fsp3) is 0.857. The molecule has 1 saturated carbocycles. The lowest BCUT2D eigenvalue weighted by molar-refractivity contribution is -0.134. The summed E-state index contributed by atoms with van der Waals surface area (Å²) in [6, 6.07) is 0.275. The Morgan fingerprint density at radius 2 is 1.70 bits per heavy atom. The van der Waals surface area contributed by atoms with Crippen molar-refractivity contribution < 1.29 is 9.59 Å². The Kier molecular flexibility index (Phi) is 10.6. The number of carbonyl (C=O) groups excluding carboxylic acids is 2. The van der Waals surface area contributed by atoms with E-state index in [1.54, 1.807) is 6.92 Å². The molecule has 3 fully saturated rings. The van der Waals surface area contributed by atoms with Gasteiger partial charge in [-0.2, -0.15) is 0 Å². The van der Waals surface area contributed by atoms with Crippen molar-refractivity contribution in [3.63, 3.8) is 0 Å². The van der Waals surface area contributed by atoms with E-state index in [0.29, 0.717) is 5.91 Å². The molecule has 0 spiro atoms. The maximum atomic E-state index is 12.6. The predicted molar refractivity (Wildman–Crippen MR) is 130 cm³/mol. The van der Waals surface area contributed by atoms with E-state index in [2.05, 4.69) is 22.5 Å². The van der Waals surface area contributed by atoms with E-state index < -0.39 is 0 Å². The van der Waals surface area contributed by atoms with Crippen molar-refractivity contribution in [3.05, 3.63) is 0 Å². The molecule has 2 aliphatic heterocycles. The first-order chi connectivity index (χ1) is 14.1. The van der Waals surface area contributed by atoms with E-state index in [1.807, 2.05) is 9.80 Å². The Morgan fingerprint density at radius 3 is 2.33 bits per heavy atom. The molecular weight excluding hydrogens is 495 g/mol. The summed E-state index contributed by atoms with van der Waals surface area (Å²) >= 11 is 0. The molecule has 0 radical (unpaired) electrons. The number of nitrogens with one attached hydrogen (secondary N) is 2. The maximum absolute atomic E-state index is 12.6. The van der Waals surface area contributed by atoms with Gasteiger partial charge in [0.05, 0.1) is 6.54 Å². The smallest absolute Gasteiger partial charge is 0.225 e. The summed E-state index contributed by atoms with van der Waals surface area (Å²) in [4.78, 5) is 35.1. The van der Waals surface area contributed by atoms with Gasteiger partial charge < -0.3 is 20.4 Å². The first-order valence-corrected chi connectivity index (χ1v) is 11.4. The van der Waals surface area contributed by atoms with Gasteiger partial charge in [0.15, 0.2) is 5.96 Å². The van der Waals surface area contributed by atoms with Crippen molar-refractivity contribution in [2.24, 2.45) is 10.9 Å². The van der Waals surface area contributed by atoms with Crippen LogP contribution in [0.4, 0.5) is 0 Å². The molecule has 1 unspecified atom stereocenters. The molecule has 0 aromatic carbocycles. The van der Waals surface area contributed by atoms with Crippen molar-refractivity contribution in [2.75, 3.05) is 58.9 Å². The van der Waals surface area contributed by atoms with Crippen LogP contribution in [0, 0.1) is 5.92 Å². The Labute approximate surface area is 198 Å². The van der Waals surface area contributed by atoms with Crippen LogP contribution < -0.4 is 10.6 Å². The van der Waals surface area contributed by atoms with Crippen molar-refractivity contribution >= 4 is 41.8 Å². The van der Waals surface area contributed by atoms with Gasteiger partial charge in [-0.25, -0.2) is 0 Å². The van der Waals surface area contributed by atoms with Gasteiger partial charge >= 0.3 is 0 Å². The van der Waals surface area contributed by atoms with E-state index in [1.165, 1.54) is 12.8 Å². The summed E-state index contributed by atoms with van der Waals surface area (Å²) in [5.74, 6) is 1.63. The second kappa shape index (κ2) is 12.7. The van der Waals surface area contributed by atoms with Crippen LogP contribution in [0.1, 0.15) is 46.0 Å². The highest BCUT2D eigenvalue weighted by molar-refractivity contribution is 14.0. The molecular formula is C21H39IN6O2. The number of hydrogen-bond acceptors (Lipinski definition) is 4. The van der Waals surface area contributed by atoms with Crippen LogP contribution in [0.25, 0.3) is 0 Å². The predicted octanol–water partition coefficient (Wildman–Crippen LogP) is 1.11. The van der Waals surface area contributed by atoms with Crippen LogP contribution in [0.5, 0.6) is 0 Å². The zero-order valence-electron chi connectivity index (χ0n) is 18.6. The van der Waals surface area contributed by atoms with Crippen LogP contribution in [0.3, 0.4) is 0 Å². The van der Waals surface area contributed by atoms with E-state index in [-0.39, 0.29) is 41.8 Å². The summed E-state index contributed by atoms with van der Waals surface area (Å²) in [5.41, 5.74) is 0. The summed E-state index contributed by atoms with van der Waals surface area (Å²) in [6.45, 7) is 11.3. The summed E-state index contributed by atoms with van der Waals surface area (Å²) in [7, 11) is 0. The number of nitrogens with zero attached hydrogens (tertiary/aromatic N) is 4. The molecule has 9 heteroatoms. The van der Waals surface area contributed by atoms with Gasteiger partial charge in [-0.15, -0.1) is 24.0 Å². The van der Waals surface area contributed by atoms with Crippen LogP contribution in [0.15, 0.2) is 4.99 Å². The molecule has 8 nitrogen and oxygen atoms in total. The number of hydrogen-bond donors (Lipinski definition) is 2. The van der Waals surface area contributed by atoms with Gasteiger partial charge in [0, 0.05) is 71.2 Å². The first-order valence-electron chi connectivity index (χ1n) is 11.4. The summed E-state index contributed by atoms with van der Waals surface area (Å²) in [6.07, 6.45) is 5.52. The molecule has 2 saturated heterocycles. The molecule has 0 bridgehead atoms. The Hall–Kier alpha value is -1.10. The molecule has 2 heterocycles. The minimum atomic E-state index is 0. The fourth-order valence-electron chi connectivity index (χ4n) is 4.61. The molecule has 3 rings (SSSR count). The van der Waals surface area contributed by atoms with Crippen molar-refractivity contribution in [2.45, 2.75) is 52.0 Å². The molecule has 2 N–H and O–H groups in total. The SMILES string of the molecule is CCNC(=NCCN1CCN(C(C)=O)CC1)NC1CCN(C(=O)C2CCCC2)C1.I. The number of piperazine rings is 1. The number of likely N-dealkylation sites (tertiary alicyclic amines) is 1. The van der Waals surface area contributed by atoms with Gasteiger partial charge in [0.1, 0.15) is 0 Å². The van der Waals surface area contributed by atoms with Crippen LogP contribution >= 0.6 is 24.0 Å². The van der Waals surface area contributed by atoms with Gasteiger partial charge in [-0.3, -0.25) is 19.5 Å². The third kappa shape index (κ3) is 7.25. The monoisotopic (exact) mass is 534 g/mol. The standard InChI is InChI=1S/C21H38N6O2.HI/c1-3-22-21(23-9-11-25-12-14-26(15-13-25)17(2)28)24-19-8-10-27(16-19)20(29)18-6-4-5-7-18;/h18-19H,3-16H2,1-2H3,(H2,22,23,24);1H. The Balaban J connectivity index is 0.00000320. The number of rotatable bonds is 6. The number of carbonyl (C=O) groups is 2. The van der Waals surface area contributed by atoms with E-state index in [9.17, 15) is 9.59 Å². The van der Waals surface area contributed by atoms with Gasteiger partial charge in [-0.1, -0.05) is 12.8 Å². The lowest BCUT2D eigenvalue weighted by Gasteiger charge is -2.33. The number of halogens is 1. The van der Waals surface area contributed by atoms with Crippen molar-refractivity contribution in [1.82, 2.24) is 25.3 Å². The number of aliphatic imine (C=N–C) groups is 1. The highest BCUT2D eigenvalue weighted by atomic mass is 127. The number of amides is 2. The third-order valence-electron chi connectivity index (χ3n) is 6.39. The molecule has 172 valence electrons. The third-order valence-corrected chi connectivity index (χ3v) is 6.39. The Bertz CT molecular complexity index is 588. The normalized spacial score (nSPS) is 23.4. The second-order valence-corrected chi connectivity index (χ2v) is 8.50. The lowest BCUT2D eigenvalue weighted by Crippen LogP contribution is -2.49. The first kappa shape index (κ1) is 25.2. The van der Waals surface area contributed by atoms with Gasteiger partial charge in [-0.05, 0) is 26.2 Å². The molecule has 0 aromatic rings. The highest BCUT2D eigenvalue weighted by Gasteiger charge is 2.32. The molecule has 3 aliphatic rings. The number of guanidine groups is 1. The minimum absolute atomic E-state index is 0. The lowest BCUT2D eigenvalue weighted by atomic mass is 10.1. The van der Waals surface area contributed by atoms with Crippen molar-refractivity contribution in [1.29, 1.82) is 0 Å². The fourth-order valence-corrected chi connectivity index (χ4v) is 4.61. The molecule has 1 aliphatic carbocycles. The van der Waals surface area contributed by atoms with Gasteiger partial charge in [0.2, 0.25) is 11.8 Å². The van der Waals surface area contributed by atoms with Crippen LogP contribution in [0.2, 0.25) is 0 Å². The van der Waals surface area contributed by atoms with Crippen molar-refractivity contribution in [3.8, 4) is 0 Å². The summed E-state index contributed by atoms with van der Waals surface area (Å²) < 4.78 is 0. The molecule has 2 amide bonds. The largest absolute Gasteiger partial charge is 0.357 e.